The van der Waals surface area contributed by atoms with Gasteiger partial charge in [0.15, 0.2) is 0 Å². The van der Waals surface area contributed by atoms with Gasteiger partial charge in [-0.25, -0.2) is 0 Å². The molecule has 0 bridgehead atoms. The number of benzene rings is 1. The SMILES string of the molecule is NCc1ccc2c(Br)cccc2n1. The summed E-state index contributed by atoms with van der Waals surface area (Å²) in [4.78, 5) is 4.40. The third-order valence-electron chi connectivity index (χ3n) is 1.95. The van der Waals surface area contributed by atoms with E-state index in [0.717, 1.165) is 21.1 Å². The van der Waals surface area contributed by atoms with E-state index in [1.807, 2.05) is 30.3 Å². The number of aromatic nitrogens is 1. The largest absolute Gasteiger partial charge is 0.325 e. The highest BCUT2D eigenvalue weighted by Gasteiger charge is 1.99. The number of pyridine rings is 1. The zero-order chi connectivity index (χ0) is 9.26. The molecule has 1 aromatic carbocycles. The lowest BCUT2D eigenvalue weighted by Gasteiger charge is -2.01. The van der Waals surface area contributed by atoms with Gasteiger partial charge in [-0.3, -0.25) is 4.98 Å². The van der Waals surface area contributed by atoms with Crippen molar-refractivity contribution in [2.45, 2.75) is 6.54 Å². The molecule has 0 spiro atoms. The van der Waals surface area contributed by atoms with Gasteiger partial charge in [0.2, 0.25) is 0 Å². The number of rotatable bonds is 1. The molecule has 0 saturated heterocycles. The summed E-state index contributed by atoms with van der Waals surface area (Å²) in [6.07, 6.45) is 0. The Bertz CT molecular complexity index is 440. The summed E-state index contributed by atoms with van der Waals surface area (Å²) in [6, 6.07) is 9.95. The van der Waals surface area contributed by atoms with Crippen LogP contribution >= 0.6 is 15.9 Å². The molecule has 0 aliphatic rings. The fourth-order valence-electron chi connectivity index (χ4n) is 1.27. The fourth-order valence-corrected chi connectivity index (χ4v) is 1.76. The highest BCUT2D eigenvalue weighted by molar-refractivity contribution is 9.10. The molecule has 0 unspecified atom stereocenters. The number of nitrogens with two attached hydrogens (primary N) is 1. The van der Waals surface area contributed by atoms with E-state index < -0.39 is 0 Å². The van der Waals surface area contributed by atoms with Crippen LogP contribution in [0.25, 0.3) is 10.9 Å². The molecule has 1 heterocycles. The van der Waals surface area contributed by atoms with Crippen molar-refractivity contribution in [2.24, 2.45) is 5.73 Å². The molecule has 2 nitrogen and oxygen atoms in total. The number of fused-ring (bicyclic) bond motifs is 1. The van der Waals surface area contributed by atoms with E-state index in [4.69, 9.17) is 5.73 Å². The Morgan fingerprint density at radius 1 is 1.23 bits per heavy atom. The Labute approximate surface area is 84.9 Å². The normalized spacial score (nSPS) is 10.6. The Balaban J connectivity index is 2.72. The first kappa shape index (κ1) is 8.66. The second-order valence-electron chi connectivity index (χ2n) is 2.81. The molecule has 0 fully saturated rings. The quantitative estimate of drug-likeness (QED) is 0.827. The first-order valence-corrected chi connectivity index (χ1v) is 4.85. The maximum atomic E-state index is 5.50. The molecule has 0 saturated carbocycles. The zero-order valence-electron chi connectivity index (χ0n) is 7.00. The van der Waals surface area contributed by atoms with Crippen molar-refractivity contribution < 1.29 is 0 Å². The summed E-state index contributed by atoms with van der Waals surface area (Å²) in [5.41, 5.74) is 7.41. The number of halogens is 1. The summed E-state index contributed by atoms with van der Waals surface area (Å²) >= 11 is 3.47. The van der Waals surface area contributed by atoms with Gasteiger partial charge in [-0.15, -0.1) is 0 Å². The van der Waals surface area contributed by atoms with E-state index in [1.165, 1.54) is 0 Å². The Morgan fingerprint density at radius 2 is 2.08 bits per heavy atom. The lowest BCUT2D eigenvalue weighted by atomic mass is 10.2. The molecule has 1 aromatic heterocycles. The van der Waals surface area contributed by atoms with Crippen molar-refractivity contribution in [1.29, 1.82) is 0 Å². The van der Waals surface area contributed by atoms with Crippen molar-refractivity contribution in [1.82, 2.24) is 4.98 Å². The minimum Gasteiger partial charge on any atom is -0.325 e. The fraction of sp³-hybridized carbons (Fsp3) is 0.100. The Kier molecular flexibility index (Phi) is 2.29. The second-order valence-corrected chi connectivity index (χ2v) is 3.67. The van der Waals surface area contributed by atoms with Gasteiger partial charge < -0.3 is 5.73 Å². The molecule has 2 aromatic rings. The molecule has 0 amide bonds. The van der Waals surface area contributed by atoms with Crippen molar-refractivity contribution >= 4 is 26.8 Å². The monoisotopic (exact) mass is 236 g/mol. The molecule has 2 N–H and O–H groups in total. The van der Waals surface area contributed by atoms with Crippen LogP contribution in [0.4, 0.5) is 0 Å². The summed E-state index contributed by atoms with van der Waals surface area (Å²) in [7, 11) is 0. The lowest BCUT2D eigenvalue weighted by molar-refractivity contribution is 1.01. The van der Waals surface area contributed by atoms with E-state index in [-0.39, 0.29) is 0 Å². The van der Waals surface area contributed by atoms with E-state index in [2.05, 4.69) is 20.9 Å². The van der Waals surface area contributed by atoms with Gasteiger partial charge in [0.1, 0.15) is 0 Å². The molecule has 0 atom stereocenters. The molecule has 3 heteroatoms. The van der Waals surface area contributed by atoms with Crippen LogP contribution in [-0.4, -0.2) is 4.98 Å². The van der Waals surface area contributed by atoms with Gasteiger partial charge in [-0.1, -0.05) is 22.0 Å². The van der Waals surface area contributed by atoms with E-state index in [1.54, 1.807) is 0 Å². The van der Waals surface area contributed by atoms with E-state index in [9.17, 15) is 0 Å². The minimum absolute atomic E-state index is 0.489. The molecule has 0 aliphatic carbocycles. The van der Waals surface area contributed by atoms with Crippen molar-refractivity contribution in [2.75, 3.05) is 0 Å². The van der Waals surface area contributed by atoms with Gasteiger partial charge in [-0.2, -0.15) is 0 Å². The molecule has 0 radical (unpaired) electrons. The summed E-state index contributed by atoms with van der Waals surface area (Å²) in [5.74, 6) is 0. The molecular weight excluding hydrogens is 228 g/mol. The van der Waals surface area contributed by atoms with Crippen LogP contribution in [0.2, 0.25) is 0 Å². The third kappa shape index (κ3) is 1.57. The van der Waals surface area contributed by atoms with Gasteiger partial charge >= 0.3 is 0 Å². The number of hydrogen-bond acceptors (Lipinski definition) is 2. The highest BCUT2D eigenvalue weighted by Crippen LogP contribution is 2.22. The van der Waals surface area contributed by atoms with Crippen LogP contribution in [0.15, 0.2) is 34.8 Å². The first-order valence-electron chi connectivity index (χ1n) is 4.05. The maximum absolute atomic E-state index is 5.50. The summed E-state index contributed by atoms with van der Waals surface area (Å²) in [5, 5.41) is 1.12. The zero-order valence-corrected chi connectivity index (χ0v) is 8.58. The number of hydrogen-bond donors (Lipinski definition) is 1. The van der Waals surface area contributed by atoms with Gasteiger partial charge in [-0.05, 0) is 24.3 Å². The van der Waals surface area contributed by atoms with Crippen LogP contribution in [0.1, 0.15) is 5.69 Å². The maximum Gasteiger partial charge on any atom is 0.0717 e. The van der Waals surface area contributed by atoms with Crippen molar-refractivity contribution in [3.63, 3.8) is 0 Å². The van der Waals surface area contributed by atoms with Crippen LogP contribution in [0, 0.1) is 0 Å². The van der Waals surface area contributed by atoms with Crippen LogP contribution < -0.4 is 5.73 Å². The molecule has 13 heavy (non-hydrogen) atoms. The van der Waals surface area contributed by atoms with E-state index in [0.29, 0.717) is 6.54 Å². The smallest absolute Gasteiger partial charge is 0.0717 e. The van der Waals surface area contributed by atoms with Crippen LogP contribution in [0.3, 0.4) is 0 Å². The standard InChI is InChI=1S/C10H9BrN2/c11-9-2-1-3-10-8(9)5-4-7(6-12)13-10/h1-5H,6,12H2. The molecule has 0 aliphatic heterocycles. The Morgan fingerprint density at radius 3 is 2.85 bits per heavy atom. The Hall–Kier alpha value is -0.930. The topological polar surface area (TPSA) is 38.9 Å². The first-order chi connectivity index (χ1) is 6.31. The highest BCUT2D eigenvalue weighted by atomic mass is 79.9. The predicted octanol–water partition coefficient (Wildman–Crippen LogP) is 2.46. The second kappa shape index (κ2) is 3.44. The van der Waals surface area contributed by atoms with Crippen molar-refractivity contribution in [3.05, 3.63) is 40.5 Å². The van der Waals surface area contributed by atoms with Crippen LogP contribution in [-0.2, 0) is 6.54 Å². The van der Waals surface area contributed by atoms with Crippen LogP contribution in [0.5, 0.6) is 0 Å². The van der Waals surface area contributed by atoms with E-state index >= 15 is 0 Å². The summed E-state index contributed by atoms with van der Waals surface area (Å²) in [6.45, 7) is 0.489. The average molecular weight is 237 g/mol. The third-order valence-corrected chi connectivity index (χ3v) is 2.64. The molecule has 66 valence electrons. The van der Waals surface area contributed by atoms with Gasteiger partial charge in [0.05, 0.1) is 11.2 Å². The van der Waals surface area contributed by atoms with Gasteiger partial charge in [0, 0.05) is 16.4 Å². The van der Waals surface area contributed by atoms with Crippen molar-refractivity contribution in [3.8, 4) is 0 Å². The van der Waals surface area contributed by atoms with Gasteiger partial charge in [0.25, 0.3) is 0 Å². The summed E-state index contributed by atoms with van der Waals surface area (Å²) < 4.78 is 1.07. The lowest BCUT2D eigenvalue weighted by Crippen LogP contribution is -1.98. The number of nitrogens with zero attached hydrogens (tertiary/aromatic N) is 1. The average Bonchev–Trinajstić information content (AvgIpc) is 2.18. The molecule has 2 rings (SSSR count). The molecular formula is C10H9BrN2. The predicted molar refractivity (Wildman–Crippen MR) is 57.3 cm³/mol. The minimum atomic E-state index is 0.489.